The lowest BCUT2D eigenvalue weighted by molar-refractivity contribution is 0.0738. The average molecular weight is 430 g/mol. The summed E-state index contributed by atoms with van der Waals surface area (Å²) in [6, 6.07) is 22.6. The zero-order chi connectivity index (χ0) is 22.2. The van der Waals surface area contributed by atoms with Crippen molar-refractivity contribution in [1.82, 2.24) is 4.98 Å². The van der Waals surface area contributed by atoms with Crippen LogP contribution < -0.4 is 9.16 Å². The number of nitrogens with zero attached hydrogens (tertiary/aromatic N) is 1. The Bertz CT molecular complexity index is 1200. The average Bonchev–Trinajstić information content (AvgIpc) is 2.72. The number of para-hydroxylation sites is 2. The zero-order valence-electron chi connectivity index (χ0n) is 18.6. The highest BCUT2D eigenvalue weighted by Gasteiger charge is 2.38. The summed E-state index contributed by atoms with van der Waals surface area (Å²) in [7, 11) is -1.92. The van der Waals surface area contributed by atoms with E-state index in [0.717, 1.165) is 27.6 Å². The van der Waals surface area contributed by atoms with Crippen LogP contribution in [0.3, 0.4) is 0 Å². The molecule has 0 unspecified atom stereocenters. The molecule has 0 spiro atoms. The molecule has 0 aliphatic heterocycles. The van der Waals surface area contributed by atoms with Gasteiger partial charge in [0.25, 0.3) is 0 Å². The van der Waals surface area contributed by atoms with Gasteiger partial charge in [-0.3, -0.25) is 0 Å². The van der Waals surface area contributed by atoms with Crippen LogP contribution in [-0.4, -0.2) is 19.3 Å². The predicted octanol–water partition coefficient (Wildman–Crippen LogP) is 6.99. The van der Waals surface area contributed by atoms with Crippen LogP contribution in [0.4, 0.5) is 0 Å². The van der Waals surface area contributed by atoms with Crippen molar-refractivity contribution in [1.29, 1.82) is 0 Å². The van der Waals surface area contributed by atoms with Gasteiger partial charge in [0.2, 0.25) is 8.32 Å². The maximum atomic E-state index is 13.2. The number of fused-ring (bicyclic) bond motifs is 2. The van der Waals surface area contributed by atoms with Crippen molar-refractivity contribution in [2.45, 2.75) is 38.9 Å². The zero-order valence-corrected chi connectivity index (χ0v) is 19.6. The van der Waals surface area contributed by atoms with Gasteiger partial charge in [0.05, 0.1) is 16.6 Å². The molecular formula is C26H27NO3Si. The van der Waals surface area contributed by atoms with Gasteiger partial charge in [0.15, 0.2) is 0 Å². The molecule has 0 aliphatic rings. The number of aromatic nitrogens is 1. The van der Waals surface area contributed by atoms with Gasteiger partial charge in [-0.2, -0.15) is 0 Å². The minimum Gasteiger partial charge on any atom is -0.543 e. The minimum atomic E-state index is -1.92. The van der Waals surface area contributed by atoms with Crippen molar-refractivity contribution in [3.05, 3.63) is 78.4 Å². The van der Waals surface area contributed by atoms with Crippen molar-refractivity contribution in [2.75, 3.05) is 0 Å². The topological polar surface area (TPSA) is 48.4 Å². The molecule has 0 N–H and O–H groups in total. The maximum Gasteiger partial charge on any atom is 0.344 e. The number of rotatable bonds is 4. The second kappa shape index (κ2) is 7.82. The van der Waals surface area contributed by atoms with Gasteiger partial charge in [-0.1, -0.05) is 57.2 Å². The molecule has 4 nitrogen and oxygen atoms in total. The molecule has 0 saturated heterocycles. The molecular weight excluding hydrogens is 402 g/mol. The van der Waals surface area contributed by atoms with E-state index in [2.05, 4.69) is 38.8 Å². The molecule has 0 saturated carbocycles. The Morgan fingerprint density at radius 2 is 1.26 bits per heavy atom. The van der Waals surface area contributed by atoms with Gasteiger partial charge >= 0.3 is 5.97 Å². The lowest BCUT2D eigenvalue weighted by Crippen LogP contribution is -2.43. The second-order valence-corrected chi connectivity index (χ2v) is 14.0. The van der Waals surface area contributed by atoms with E-state index >= 15 is 0 Å². The molecule has 158 valence electrons. The SMILES string of the molecule is CC(C)(C)[Si](C)(C)Oc1ccc(OC(=O)c2c3ccccc3nc3ccccc23)cc1. The Morgan fingerprint density at radius 1 is 0.774 bits per heavy atom. The highest BCUT2D eigenvalue weighted by atomic mass is 28.4. The van der Waals surface area contributed by atoms with Gasteiger partial charge < -0.3 is 9.16 Å². The van der Waals surface area contributed by atoms with E-state index in [4.69, 9.17) is 9.16 Å². The molecule has 31 heavy (non-hydrogen) atoms. The fourth-order valence-electron chi connectivity index (χ4n) is 3.24. The van der Waals surface area contributed by atoms with Crippen molar-refractivity contribution in [3.63, 3.8) is 0 Å². The monoisotopic (exact) mass is 429 g/mol. The van der Waals surface area contributed by atoms with E-state index < -0.39 is 14.3 Å². The lowest BCUT2D eigenvalue weighted by atomic mass is 10.0. The third-order valence-corrected chi connectivity index (χ3v) is 10.4. The first-order valence-corrected chi connectivity index (χ1v) is 13.4. The first kappa shape index (κ1) is 21.1. The smallest absolute Gasteiger partial charge is 0.344 e. The Morgan fingerprint density at radius 3 is 1.77 bits per heavy atom. The number of esters is 1. The fraction of sp³-hybridized carbons (Fsp3) is 0.231. The summed E-state index contributed by atoms with van der Waals surface area (Å²) in [6.45, 7) is 11.0. The Labute approximate surface area is 184 Å². The normalized spacial score (nSPS) is 12.2. The Kier molecular flexibility index (Phi) is 5.31. The van der Waals surface area contributed by atoms with E-state index in [0.29, 0.717) is 11.3 Å². The third kappa shape index (κ3) is 4.19. The minimum absolute atomic E-state index is 0.113. The van der Waals surface area contributed by atoms with Crippen LogP contribution in [0.1, 0.15) is 31.1 Å². The van der Waals surface area contributed by atoms with Crippen LogP contribution >= 0.6 is 0 Å². The fourth-order valence-corrected chi connectivity index (χ4v) is 4.27. The highest BCUT2D eigenvalue weighted by molar-refractivity contribution is 6.74. The molecule has 4 rings (SSSR count). The van der Waals surface area contributed by atoms with Crippen LogP contribution in [0.2, 0.25) is 18.1 Å². The molecule has 0 aliphatic carbocycles. The van der Waals surface area contributed by atoms with E-state index in [9.17, 15) is 4.79 Å². The van der Waals surface area contributed by atoms with Crippen molar-refractivity contribution in [3.8, 4) is 11.5 Å². The van der Waals surface area contributed by atoms with Crippen molar-refractivity contribution in [2.24, 2.45) is 0 Å². The summed E-state index contributed by atoms with van der Waals surface area (Å²) in [6.07, 6.45) is 0. The summed E-state index contributed by atoms with van der Waals surface area (Å²) in [5, 5.41) is 1.68. The lowest BCUT2D eigenvalue weighted by Gasteiger charge is -2.36. The summed E-state index contributed by atoms with van der Waals surface area (Å²) in [5.74, 6) is 0.886. The molecule has 0 amide bonds. The predicted molar refractivity (Wildman–Crippen MR) is 128 cm³/mol. The second-order valence-electron chi connectivity index (χ2n) is 9.24. The quantitative estimate of drug-likeness (QED) is 0.152. The maximum absolute atomic E-state index is 13.2. The number of ether oxygens (including phenoxy) is 1. The van der Waals surface area contributed by atoms with Crippen LogP contribution in [0.25, 0.3) is 21.8 Å². The summed E-state index contributed by atoms with van der Waals surface area (Å²) in [5.41, 5.74) is 2.07. The first-order chi connectivity index (χ1) is 14.7. The van der Waals surface area contributed by atoms with E-state index in [1.165, 1.54) is 0 Å². The molecule has 0 fully saturated rings. The highest BCUT2D eigenvalue weighted by Crippen LogP contribution is 2.37. The van der Waals surface area contributed by atoms with Gasteiger partial charge in [0.1, 0.15) is 11.5 Å². The van der Waals surface area contributed by atoms with Crippen LogP contribution in [-0.2, 0) is 0 Å². The van der Waals surface area contributed by atoms with Gasteiger partial charge in [-0.15, -0.1) is 0 Å². The summed E-state index contributed by atoms with van der Waals surface area (Å²) >= 11 is 0. The van der Waals surface area contributed by atoms with E-state index in [1.807, 2.05) is 60.7 Å². The molecule has 0 bridgehead atoms. The van der Waals surface area contributed by atoms with E-state index in [-0.39, 0.29) is 5.04 Å². The van der Waals surface area contributed by atoms with E-state index in [1.54, 1.807) is 12.1 Å². The van der Waals surface area contributed by atoms with Crippen molar-refractivity contribution >= 4 is 36.1 Å². The van der Waals surface area contributed by atoms with Crippen LogP contribution in [0.5, 0.6) is 11.5 Å². The number of benzene rings is 3. The van der Waals surface area contributed by atoms with Gasteiger partial charge in [-0.25, -0.2) is 9.78 Å². The number of hydrogen-bond donors (Lipinski definition) is 0. The largest absolute Gasteiger partial charge is 0.543 e. The Hall–Kier alpha value is -3.18. The molecule has 0 radical (unpaired) electrons. The molecule has 4 aromatic rings. The molecule has 0 atom stereocenters. The van der Waals surface area contributed by atoms with Crippen LogP contribution in [0, 0.1) is 0 Å². The number of carbonyl (C=O) groups excluding carboxylic acids is 1. The standard InChI is InChI=1S/C26H27NO3Si/c1-26(2,3)31(4,5)30-19-16-14-18(15-17-19)29-25(28)24-20-10-6-8-12-22(20)27-23-13-9-7-11-21(23)24/h6-17H,1-5H3. The van der Waals surface area contributed by atoms with Crippen molar-refractivity contribution < 1.29 is 14.0 Å². The molecule has 1 aromatic heterocycles. The number of hydrogen-bond acceptors (Lipinski definition) is 4. The third-order valence-electron chi connectivity index (χ3n) is 6.01. The first-order valence-electron chi connectivity index (χ1n) is 10.4. The molecule has 5 heteroatoms. The molecule has 1 heterocycles. The summed E-state index contributed by atoms with van der Waals surface area (Å²) < 4.78 is 12.1. The number of carbonyl (C=O) groups is 1. The number of pyridine rings is 1. The van der Waals surface area contributed by atoms with Crippen LogP contribution in [0.15, 0.2) is 72.8 Å². The van der Waals surface area contributed by atoms with Gasteiger partial charge in [0, 0.05) is 10.8 Å². The molecule has 3 aromatic carbocycles. The summed E-state index contributed by atoms with van der Waals surface area (Å²) in [4.78, 5) is 17.9. The Balaban J connectivity index is 1.64. The van der Waals surface area contributed by atoms with Gasteiger partial charge in [-0.05, 0) is 54.5 Å².